The van der Waals surface area contributed by atoms with Crippen LogP contribution in [0.1, 0.15) is 55.5 Å². The van der Waals surface area contributed by atoms with Gasteiger partial charge in [-0.15, -0.1) is 0 Å². The predicted octanol–water partition coefficient (Wildman–Crippen LogP) is 2.88. The summed E-state index contributed by atoms with van der Waals surface area (Å²) in [6.07, 6.45) is 6.73. The molecule has 1 aliphatic heterocycles. The van der Waals surface area contributed by atoms with E-state index in [9.17, 15) is 4.79 Å². The number of carbonyl (C=O) groups is 1. The second kappa shape index (κ2) is 3.88. The molecule has 1 aliphatic carbocycles. The highest BCUT2D eigenvalue weighted by molar-refractivity contribution is 6.30. The minimum absolute atomic E-state index is 0.0393. The molecule has 0 radical (unpaired) electrons. The van der Waals surface area contributed by atoms with Crippen LogP contribution in [0.2, 0.25) is 5.15 Å². The van der Waals surface area contributed by atoms with E-state index in [4.69, 9.17) is 11.6 Å². The first kappa shape index (κ1) is 10.3. The molecule has 0 saturated heterocycles. The number of aromatic nitrogens is 2. The Kier molecular flexibility index (Phi) is 2.51. The van der Waals surface area contributed by atoms with Crippen LogP contribution in [0, 0.1) is 0 Å². The van der Waals surface area contributed by atoms with Crippen LogP contribution in [0.3, 0.4) is 0 Å². The fourth-order valence-electron chi connectivity index (χ4n) is 2.76. The van der Waals surface area contributed by atoms with Crippen molar-refractivity contribution in [2.24, 2.45) is 0 Å². The van der Waals surface area contributed by atoms with Gasteiger partial charge in [0, 0.05) is 12.5 Å². The maximum atomic E-state index is 11.0. The van der Waals surface area contributed by atoms with Gasteiger partial charge >= 0.3 is 0 Å². The zero-order chi connectivity index (χ0) is 11.1. The maximum Gasteiger partial charge on any atom is 0.151 e. The Morgan fingerprint density at radius 3 is 2.75 bits per heavy atom. The predicted molar refractivity (Wildman–Crippen MR) is 61.9 cm³/mol. The summed E-state index contributed by atoms with van der Waals surface area (Å²) < 4.78 is 2.20. The van der Waals surface area contributed by atoms with Crippen molar-refractivity contribution in [1.82, 2.24) is 9.55 Å². The Morgan fingerprint density at radius 2 is 2.12 bits per heavy atom. The molecular formula is C12H15ClN2O. The third kappa shape index (κ3) is 1.41. The van der Waals surface area contributed by atoms with Crippen molar-refractivity contribution >= 4 is 17.9 Å². The second-order valence-electron chi connectivity index (χ2n) is 4.81. The summed E-state index contributed by atoms with van der Waals surface area (Å²) in [5, 5.41) is 0.554. The molecule has 0 spiro atoms. The summed E-state index contributed by atoms with van der Waals surface area (Å²) in [6.45, 7) is 0.977. The van der Waals surface area contributed by atoms with E-state index in [-0.39, 0.29) is 5.92 Å². The Hall–Kier alpha value is -0.830. The largest absolute Gasteiger partial charge is 0.330 e. The summed E-state index contributed by atoms with van der Waals surface area (Å²) in [7, 11) is 0. The number of hydrogen-bond donors (Lipinski definition) is 0. The highest BCUT2D eigenvalue weighted by Crippen LogP contribution is 2.40. The van der Waals surface area contributed by atoms with Gasteiger partial charge in [0.2, 0.25) is 0 Å². The van der Waals surface area contributed by atoms with Crippen LogP contribution in [-0.4, -0.2) is 15.8 Å². The zero-order valence-corrected chi connectivity index (χ0v) is 9.91. The molecule has 1 fully saturated rings. The molecule has 86 valence electrons. The molecule has 16 heavy (non-hydrogen) atoms. The minimum atomic E-state index is -0.0393. The minimum Gasteiger partial charge on any atom is -0.330 e. The van der Waals surface area contributed by atoms with Crippen molar-refractivity contribution < 1.29 is 4.79 Å². The quantitative estimate of drug-likeness (QED) is 0.743. The molecule has 1 atom stereocenters. The summed E-state index contributed by atoms with van der Waals surface area (Å²) in [6, 6.07) is 0. The molecule has 3 nitrogen and oxygen atoms in total. The number of fused-ring (bicyclic) bond motifs is 1. The highest BCUT2D eigenvalue weighted by atomic mass is 35.5. The van der Waals surface area contributed by atoms with E-state index in [1.807, 2.05) is 0 Å². The molecule has 1 aromatic heterocycles. The van der Waals surface area contributed by atoms with Crippen molar-refractivity contribution in [3.8, 4) is 0 Å². The maximum absolute atomic E-state index is 11.0. The number of imidazole rings is 1. The number of rotatable bonds is 2. The van der Waals surface area contributed by atoms with Gasteiger partial charge in [-0.1, -0.05) is 18.0 Å². The summed E-state index contributed by atoms with van der Waals surface area (Å²) in [4.78, 5) is 15.5. The summed E-state index contributed by atoms with van der Waals surface area (Å²) in [5.74, 6) is 1.66. The molecular weight excluding hydrogens is 224 g/mol. The number of nitrogens with zero attached hydrogens (tertiary/aromatic N) is 2. The third-order valence-corrected chi connectivity index (χ3v) is 4.15. The standard InChI is InChI=1S/C12H15ClN2O/c13-11-10-9(7-16)5-2-6-15(10)12(14-11)8-3-1-4-8/h7-9H,1-6H2. The normalized spacial score (nSPS) is 24.9. The van der Waals surface area contributed by atoms with Gasteiger partial charge in [-0.2, -0.15) is 0 Å². The van der Waals surface area contributed by atoms with Gasteiger partial charge in [-0.3, -0.25) is 0 Å². The Labute approximate surface area is 99.8 Å². The van der Waals surface area contributed by atoms with Crippen LogP contribution in [-0.2, 0) is 11.3 Å². The first-order valence-electron chi connectivity index (χ1n) is 6.02. The van der Waals surface area contributed by atoms with Crippen molar-refractivity contribution in [1.29, 1.82) is 0 Å². The summed E-state index contributed by atoms with van der Waals surface area (Å²) >= 11 is 6.17. The number of carbonyl (C=O) groups excluding carboxylic acids is 1. The molecule has 1 aromatic rings. The van der Waals surface area contributed by atoms with Crippen LogP contribution in [0.25, 0.3) is 0 Å². The van der Waals surface area contributed by atoms with Gasteiger partial charge in [-0.05, 0) is 25.7 Å². The lowest BCUT2D eigenvalue weighted by molar-refractivity contribution is -0.109. The molecule has 0 N–H and O–H groups in total. The van der Waals surface area contributed by atoms with Crippen molar-refractivity contribution in [2.45, 2.75) is 50.5 Å². The van der Waals surface area contributed by atoms with Crippen LogP contribution < -0.4 is 0 Å². The SMILES string of the molecule is O=CC1CCCn2c(C3CCC3)nc(Cl)c21. The van der Waals surface area contributed by atoms with Crippen molar-refractivity contribution in [2.75, 3.05) is 0 Å². The fraction of sp³-hybridized carbons (Fsp3) is 0.667. The highest BCUT2D eigenvalue weighted by Gasteiger charge is 2.31. The van der Waals surface area contributed by atoms with Gasteiger partial charge < -0.3 is 9.36 Å². The van der Waals surface area contributed by atoms with Crippen LogP contribution in [0.15, 0.2) is 0 Å². The molecule has 3 rings (SSSR count). The van der Waals surface area contributed by atoms with Crippen LogP contribution in [0.5, 0.6) is 0 Å². The Bertz CT molecular complexity index is 423. The lowest BCUT2D eigenvalue weighted by atomic mass is 9.84. The van der Waals surface area contributed by atoms with E-state index >= 15 is 0 Å². The Morgan fingerprint density at radius 1 is 1.31 bits per heavy atom. The molecule has 4 heteroatoms. The van der Waals surface area contributed by atoms with E-state index in [0.29, 0.717) is 11.1 Å². The van der Waals surface area contributed by atoms with Crippen LogP contribution >= 0.6 is 11.6 Å². The monoisotopic (exact) mass is 238 g/mol. The second-order valence-corrected chi connectivity index (χ2v) is 5.17. The van der Waals surface area contributed by atoms with E-state index in [1.165, 1.54) is 19.3 Å². The number of hydrogen-bond acceptors (Lipinski definition) is 2. The molecule has 0 amide bonds. The topological polar surface area (TPSA) is 34.9 Å². The van der Waals surface area contributed by atoms with Gasteiger partial charge in [-0.25, -0.2) is 4.98 Å². The van der Waals surface area contributed by atoms with Gasteiger partial charge in [0.05, 0.1) is 11.6 Å². The molecule has 1 unspecified atom stereocenters. The van der Waals surface area contributed by atoms with Gasteiger partial charge in [0.25, 0.3) is 0 Å². The molecule has 2 heterocycles. The molecule has 1 saturated carbocycles. The summed E-state index contributed by atoms with van der Waals surface area (Å²) in [5.41, 5.74) is 0.963. The van der Waals surface area contributed by atoms with Gasteiger partial charge in [0.15, 0.2) is 5.15 Å². The van der Waals surface area contributed by atoms with Crippen molar-refractivity contribution in [3.63, 3.8) is 0 Å². The molecule has 0 bridgehead atoms. The first-order chi connectivity index (χ1) is 7.81. The lowest BCUT2D eigenvalue weighted by Gasteiger charge is -2.28. The fourth-order valence-corrected chi connectivity index (χ4v) is 3.09. The molecule has 2 aliphatic rings. The average Bonchev–Trinajstić information content (AvgIpc) is 2.54. The van der Waals surface area contributed by atoms with Crippen molar-refractivity contribution in [3.05, 3.63) is 16.7 Å². The number of halogens is 1. The van der Waals surface area contributed by atoms with E-state index in [0.717, 1.165) is 37.2 Å². The zero-order valence-electron chi connectivity index (χ0n) is 9.16. The van der Waals surface area contributed by atoms with Gasteiger partial charge in [0.1, 0.15) is 12.1 Å². The van der Waals surface area contributed by atoms with E-state index in [2.05, 4.69) is 9.55 Å². The Balaban J connectivity index is 2.05. The lowest BCUT2D eigenvalue weighted by Crippen LogP contribution is -2.21. The first-order valence-corrected chi connectivity index (χ1v) is 6.40. The smallest absolute Gasteiger partial charge is 0.151 e. The average molecular weight is 239 g/mol. The molecule has 0 aromatic carbocycles. The van der Waals surface area contributed by atoms with Crippen LogP contribution in [0.4, 0.5) is 0 Å². The van der Waals surface area contributed by atoms with E-state index in [1.54, 1.807) is 0 Å². The third-order valence-electron chi connectivity index (χ3n) is 3.87. The van der Waals surface area contributed by atoms with E-state index < -0.39 is 0 Å². The number of aldehydes is 1.